The molecule has 2 heterocycles. The van der Waals surface area contributed by atoms with E-state index < -0.39 is 5.82 Å². The molecule has 0 saturated carbocycles. The Morgan fingerprint density at radius 2 is 2.17 bits per heavy atom. The van der Waals surface area contributed by atoms with Crippen LogP contribution in [-0.4, -0.2) is 54.3 Å². The van der Waals surface area contributed by atoms with Crippen molar-refractivity contribution in [3.63, 3.8) is 0 Å². The van der Waals surface area contributed by atoms with Crippen LogP contribution in [0.15, 0.2) is 29.2 Å². The second-order valence-electron chi connectivity index (χ2n) is 8.23. The highest BCUT2D eigenvalue weighted by Gasteiger charge is 2.30. The van der Waals surface area contributed by atoms with Crippen molar-refractivity contribution in [1.82, 2.24) is 14.8 Å². The number of unbranched alkanes of at least 4 members (excludes halogenated alkanes) is 1. The van der Waals surface area contributed by atoms with E-state index in [-0.39, 0.29) is 29.0 Å². The van der Waals surface area contributed by atoms with Crippen LogP contribution in [0.25, 0.3) is 10.9 Å². The number of aryl methyl sites for hydroxylation is 1. The summed E-state index contributed by atoms with van der Waals surface area (Å²) in [5.41, 5.74) is 0.335. The highest BCUT2D eigenvalue weighted by Crippen LogP contribution is 2.20. The molecule has 0 unspecified atom stereocenters. The van der Waals surface area contributed by atoms with Gasteiger partial charge in [0.2, 0.25) is 5.43 Å². The quantitative estimate of drug-likeness (QED) is 0.670. The zero-order valence-electron chi connectivity index (χ0n) is 18.1. The van der Waals surface area contributed by atoms with Crippen LogP contribution in [0.2, 0.25) is 0 Å². The molecular formula is C23H32FN3O3. The molecule has 3 rings (SSSR count). The zero-order valence-corrected chi connectivity index (χ0v) is 18.1. The molecule has 7 heteroatoms. The predicted molar refractivity (Wildman–Crippen MR) is 116 cm³/mol. The Balaban J connectivity index is 2.03. The van der Waals surface area contributed by atoms with E-state index in [9.17, 15) is 14.0 Å². The Kier molecular flexibility index (Phi) is 7.61. The molecule has 0 spiro atoms. The van der Waals surface area contributed by atoms with Crippen LogP contribution in [0.1, 0.15) is 49.9 Å². The van der Waals surface area contributed by atoms with Gasteiger partial charge in [0.15, 0.2) is 0 Å². The summed E-state index contributed by atoms with van der Waals surface area (Å²) in [7, 11) is 1.65. The molecule has 1 saturated heterocycles. The molecular weight excluding hydrogens is 385 g/mol. The number of fused-ring (bicyclic) bond motifs is 1. The standard InChI is InChI=1S/C23H32FN3O3/c1-16(2)27(18-7-6-10-25-14-18)23(29)20-15-26(11-4-5-12-30-3)21-13-17(24)8-9-19(21)22(20)28/h8-9,13,15-16,18,25H,4-7,10-12,14H2,1-3H3/t18-/m1/s1. The van der Waals surface area contributed by atoms with Crippen LogP contribution in [-0.2, 0) is 11.3 Å². The van der Waals surface area contributed by atoms with Gasteiger partial charge < -0.3 is 19.5 Å². The SMILES string of the molecule is COCCCCn1cc(C(=O)N(C(C)C)[C@@H]2CCCNC2)c(=O)c2ccc(F)cc21. The van der Waals surface area contributed by atoms with Crippen LogP contribution in [0.5, 0.6) is 0 Å². The van der Waals surface area contributed by atoms with Gasteiger partial charge in [0.1, 0.15) is 11.4 Å². The van der Waals surface area contributed by atoms with E-state index in [1.807, 2.05) is 23.3 Å². The Morgan fingerprint density at radius 3 is 2.83 bits per heavy atom. The normalized spacial score (nSPS) is 16.9. The van der Waals surface area contributed by atoms with Gasteiger partial charge in [-0.1, -0.05) is 0 Å². The number of amides is 1. The first-order valence-electron chi connectivity index (χ1n) is 10.8. The molecule has 1 aliphatic heterocycles. The number of hydrogen-bond acceptors (Lipinski definition) is 4. The van der Waals surface area contributed by atoms with Gasteiger partial charge in [0.05, 0.1) is 5.52 Å². The first-order valence-corrected chi connectivity index (χ1v) is 10.8. The fraction of sp³-hybridized carbons (Fsp3) is 0.565. The molecule has 1 N–H and O–H groups in total. The molecule has 0 radical (unpaired) electrons. The number of piperidine rings is 1. The number of hydrogen-bond donors (Lipinski definition) is 1. The van der Waals surface area contributed by atoms with E-state index in [0.29, 0.717) is 24.1 Å². The Labute approximate surface area is 177 Å². The van der Waals surface area contributed by atoms with E-state index in [1.165, 1.54) is 18.2 Å². The number of aromatic nitrogens is 1. The molecule has 1 aromatic carbocycles. The fourth-order valence-electron chi connectivity index (χ4n) is 4.26. The molecule has 164 valence electrons. The Morgan fingerprint density at radius 1 is 1.37 bits per heavy atom. The number of benzene rings is 1. The number of carbonyl (C=O) groups excluding carboxylic acids is 1. The number of halogens is 1. The van der Waals surface area contributed by atoms with Gasteiger partial charge in [-0.25, -0.2) is 4.39 Å². The van der Waals surface area contributed by atoms with Crippen molar-refractivity contribution in [2.24, 2.45) is 0 Å². The first kappa shape index (κ1) is 22.4. The van der Waals surface area contributed by atoms with Crippen molar-refractivity contribution in [3.05, 3.63) is 46.0 Å². The van der Waals surface area contributed by atoms with Crippen molar-refractivity contribution in [2.45, 2.75) is 58.2 Å². The summed E-state index contributed by atoms with van der Waals surface area (Å²) in [4.78, 5) is 28.6. The number of pyridine rings is 1. The van der Waals surface area contributed by atoms with E-state index >= 15 is 0 Å². The number of rotatable bonds is 8. The average Bonchev–Trinajstić information content (AvgIpc) is 2.73. The first-order chi connectivity index (χ1) is 14.4. The van der Waals surface area contributed by atoms with Crippen molar-refractivity contribution in [1.29, 1.82) is 0 Å². The maximum atomic E-state index is 13.9. The minimum absolute atomic E-state index is 0.0270. The largest absolute Gasteiger partial charge is 0.385 e. The van der Waals surface area contributed by atoms with E-state index in [0.717, 1.165) is 38.8 Å². The summed E-state index contributed by atoms with van der Waals surface area (Å²) >= 11 is 0. The molecule has 1 atom stereocenters. The maximum Gasteiger partial charge on any atom is 0.259 e. The lowest BCUT2D eigenvalue weighted by atomic mass is 10.0. The summed E-state index contributed by atoms with van der Waals surface area (Å²) in [5.74, 6) is -0.649. The van der Waals surface area contributed by atoms with Crippen LogP contribution in [0, 0.1) is 5.82 Å². The van der Waals surface area contributed by atoms with E-state index in [2.05, 4.69) is 5.32 Å². The fourth-order valence-corrected chi connectivity index (χ4v) is 4.26. The van der Waals surface area contributed by atoms with Crippen molar-refractivity contribution in [3.8, 4) is 0 Å². The minimum Gasteiger partial charge on any atom is -0.385 e. The summed E-state index contributed by atoms with van der Waals surface area (Å²) in [6, 6.07) is 4.16. The van der Waals surface area contributed by atoms with Crippen LogP contribution < -0.4 is 10.7 Å². The predicted octanol–water partition coefficient (Wildman–Crippen LogP) is 3.17. The van der Waals surface area contributed by atoms with E-state index in [1.54, 1.807) is 13.3 Å². The average molecular weight is 418 g/mol. The third-order valence-electron chi connectivity index (χ3n) is 5.73. The highest BCUT2D eigenvalue weighted by molar-refractivity contribution is 5.97. The molecule has 1 fully saturated rings. The van der Waals surface area contributed by atoms with Crippen molar-refractivity contribution >= 4 is 16.8 Å². The Hall–Kier alpha value is -2.25. The number of carbonyl (C=O) groups is 1. The van der Waals surface area contributed by atoms with Gasteiger partial charge in [-0.05, 0) is 64.3 Å². The second-order valence-corrected chi connectivity index (χ2v) is 8.23. The van der Waals surface area contributed by atoms with Gasteiger partial charge in [-0.15, -0.1) is 0 Å². The minimum atomic E-state index is -0.399. The highest BCUT2D eigenvalue weighted by atomic mass is 19.1. The van der Waals surface area contributed by atoms with Gasteiger partial charge in [0.25, 0.3) is 5.91 Å². The molecule has 0 bridgehead atoms. The number of methoxy groups -OCH3 is 1. The second kappa shape index (κ2) is 10.2. The molecule has 6 nitrogen and oxygen atoms in total. The van der Waals surface area contributed by atoms with E-state index in [4.69, 9.17) is 4.74 Å². The summed E-state index contributed by atoms with van der Waals surface area (Å²) in [5, 5.41) is 3.72. The molecule has 0 aliphatic carbocycles. The van der Waals surface area contributed by atoms with Crippen molar-refractivity contribution in [2.75, 3.05) is 26.8 Å². The third-order valence-corrected chi connectivity index (χ3v) is 5.73. The van der Waals surface area contributed by atoms with Crippen molar-refractivity contribution < 1.29 is 13.9 Å². The molecule has 30 heavy (non-hydrogen) atoms. The van der Waals surface area contributed by atoms with Crippen LogP contribution in [0.3, 0.4) is 0 Å². The van der Waals surface area contributed by atoms with Gasteiger partial charge >= 0.3 is 0 Å². The monoisotopic (exact) mass is 417 g/mol. The lowest BCUT2D eigenvalue weighted by Crippen LogP contribution is -2.52. The summed E-state index contributed by atoms with van der Waals surface area (Å²) in [6.07, 6.45) is 5.18. The maximum absolute atomic E-state index is 13.9. The van der Waals surface area contributed by atoms with Crippen LogP contribution >= 0.6 is 0 Å². The topological polar surface area (TPSA) is 63.6 Å². The Bertz CT molecular complexity index is 935. The van der Waals surface area contributed by atoms with Gasteiger partial charge in [0, 0.05) is 50.5 Å². The summed E-state index contributed by atoms with van der Waals surface area (Å²) < 4.78 is 20.8. The van der Waals surface area contributed by atoms with Crippen LogP contribution in [0.4, 0.5) is 4.39 Å². The van der Waals surface area contributed by atoms with Gasteiger partial charge in [-0.2, -0.15) is 0 Å². The molecule has 1 aromatic heterocycles. The summed E-state index contributed by atoms with van der Waals surface area (Å²) in [6.45, 7) is 6.85. The number of nitrogens with one attached hydrogen (secondary N) is 1. The molecule has 2 aromatic rings. The lowest BCUT2D eigenvalue weighted by molar-refractivity contribution is 0.0571. The third kappa shape index (κ3) is 4.90. The lowest BCUT2D eigenvalue weighted by Gasteiger charge is -2.37. The number of nitrogens with zero attached hydrogens (tertiary/aromatic N) is 2. The van der Waals surface area contributed by atoms with Gasteiger partial charge in [-0.3, -0.25) is 9.59 Å². The molecule has 1 aliphatic rings. The molecule has 1 amide bonds. The zero-order chi connectivity index (χ0) is 21.7. The number of ether oxygens (including phenoxy) is 1. The smallest absolute Gasteiger partial charge is 0.259 e.